The third-order valence-electron chi connectivity index (χ3n) is 5.01. The first-order valence-electron chi connectivity index (χ1n) is 8.39. The molecule has 0 radical (unpaired) electrons. The minimum atomic E-state index is -0.874. The van der Waals surface area contributed by atoms with Gasteiger partial charge < -0.3 is 9.47 Å². The molecule has 3 heterocycles. The van der Waals surface area contributed by atoms with Gasteiger partial charge in [-0.2, -0.15) is 0 Å². The minimum absolute atomic E-state index is 0.576. The van der Waals surface area contributed by atoms with Crippen molar-refractivity contribution in [2.24, 2.45) is 4.99 Å². The topological polar surface area (TPSA) is 30.8 Å². The molecule has 0 bridgehead atoms. The first kappa shape index (κ1) is 15.0. The lowest BCUT2D eigenvalue weighted by Gasteiger charge is -2.46. The number of fused-ring (bicyclic) bond motifs is 2. The fraction of sp³-hybridized carbons (Fsp3) is 0.190. The fourth-order valence-corrected chi connectivity index (χ4v) is 4.96. The summed E-state index contributed by atoms with van der Waals surface area (Å²) in [7, 11) is 0. The molecule has 1 spiro atoms. The van der Waals surface area contributed by atoms with Gasteiger partial charge in [-0.15, -0.1) is 11.3 Å². The van der Waals surface area contributed by atoms with Crippen LogP contribution in [0.1, 0.15) is 16.0 Å². The van der Waals surface area contributed by atoms with Gasteiger partial charge in [-0.3, -0.25) is 4.99 Å². The van der Waals surface area contributed by atoms with Gasteiger partial charge in [0, 0.05) is 6.21 Å². The summed E-state index contributed by atoms with van der Waals surface area (Å²) in [6, 6.07) is 22.8. The monoisotopic (exact) mass is 347 g/mol. The van der Waals surface area contributed by atoms with Crippen molar-refractivity contribution in [2.75, 3.05) is 13.2 Å². The Morgan fingerprint density at radius 1 is 0.800 bits per heavy atom. The average Bonchev–Trinajstić information content (AvgIpc) is 3.35. The van der Waals surface area contributed by atoms with Crippen molar-refractivity contribution in [3.05, 3.63) is 88.1 Å². The standard InChI is InChI=1S/C21H17NO2S/c1-3-7-16(8-4-1)20(17-9-5-2-6-10-17)15-22-18-11-14-25-19(18)21(20)23-12-13-24-21/h1-11,14-15H,12-13H2. The van der Waals surface area contributed by atoms with Crippen LogP contribution in [0.5, 0.6) is 0 Å². The Morgan fingerprint density at radius 2 is 1.40 bits per heavy atom. The van der Waals surface area contributed by atoms with E-state index >= 15 is 0 Å². The maximum absolute atomic E-state index is 6.39. The van der Waals surface area contributed by atoms with Crippen LogP contribution in [-0.2, 0) is 20.7 Å². The molecule has 2 aliphatic heterocycles. The van der Waals surface area contributed by atoms with Gasteiger partial charge >= 0.3 is 0 Å². The van der Waals surface area contributed by atoms with Gasteiger partial charge in [0.15, 0.2) is 0 Å². The molecule has 4 heteroatoms. The highest BCUT2D eigenvalue weighted by molar-refractivity contribution is 7.10. The predicted molar refractivity (Wildman–Crippen MR) is 99.7 cm³/mol. The van der Waals surface area contributed by atoms with Crippen LogP contribution in [0.4, 0.5) is 5.69 Å². The van der Waals surface area contributed by atoms with Crippen LogP contribution in [0.25, 0.3) is 0 Å². The molecule has 0 amide bonds. The van der Waals surface area contributed by atoms with Crippen molar-refractivity contribution in [2.45, 2.75) is 11.2 Å². The fourth-order valence-electron chi connectivity index (χ4n) is 3.95. The zero-order valence-corrected chi connectivity index (χ0v) is 14.4. The summed E-state index contributed by atoms with van der Waals surface area (Å²) in [4.78, 5) is 5.85. The molecule has 0 saturated carbocycles. The molecule has 0 atom stereocenters. The minimum Gasteiger partial charge on any atom is -0.341 e. The Balaban J connectivity index is 1.87. The van der Waals surface area contributed by atoms with Crippen molar-refractivity contribution >= 4 is 23.2 Å². The third-order valence-corrected chi connectivity index (χ3v) is 6.00. The van der Waals surface area contributed by atoms with Gasteiger partial charge in [-0.25, -0.2) is 0 Å². The molecule has 124 valence electrons. The number of hydrogen-bond acceptors (Lipinski definition) is 4. The van der Waals surface area contributed by atoms with Crippen LogP contribution in [0, 0.1) is 0 Å². The van der Waals surface area contributed by atoms with Crippen LogP contribution < -0.4 is 0 Å². The summed E-state index contributed by atoms with van der Waals surface area (Å²) in [5, 5.41) is 2.06. The van der Waals surface area contributed by atoms with Crippen LogP contribution in [0.2, 0.25) is 0 Å². The Morgan fingerprint density at radius 3 is 2.00 bits per heavy atom. The van der Waals surface area contributed by atoms with E-state index in [1.54, 1.807) is 11.3 Å². The summed E-state index contributed by atoms with van der Waals surface area (Å²) >= 11 is 1.65. The molecule has 0 aliphatic carbocycles. The highest BCUT2D eigenvalue weighted by Crippen LogP contribution is 2.57. The van der Waals surface area contributed by atoms with E-state index in [2.05, 4.69) is 53.9 Å². The van der Waals surface area contributed by atoms with Crippen LogP contribution in [-0.4, -0.2) is 19.4 Å². The van der Waals surface area contributed by atoms with Gasteiger partial charge in [0.25, 0.3) is 0 Å². The Hall–Kier alpha value is -2.27. The van der Waals surface area contributed by atoms with E-state index in [-0.39, 0.29) is 0 Å². The number of rotatable bonds is 2. The number of hydrogen-bond donors (Lipinski definition) is 0. The van der Waals surface area contributed by atoms with Crippen LogP contribution >= 0.6 is 11.3 Å². The average molecular weight is 347 g/mol. The molecule has 0 unspecified atom stereocenters. The lowest BCUT2D eigenvalue weighted by atomic mass is 9.67. The van der Waals surface area contributed by atoms with E-state index in [0.717, 1.165) is 21.7 Å². The van der Waals surface area contributed by atoms with Crippen LogP contribution in [0.3, 0.4) is 0 Å². The lowest BCUT2D eigenvalue weighted by molar-refractivity contribution is -0.188. The largest absolute Gasteiger partial charge is 0.341 e. The van der Waals surface area contributed by atoms with Gasteiger partial charge in [0.1, 0.15) is 5.41 Å². The predicted octanol–water partition coefficient (Wildman–Crippen LogP) is 4.65. The maximum Gasteiger partial charge on any atom is 0.226 e. The SMILES string of the molecule is C1=Nc2ccsc2C2(OCCO2)C1(c1ccccc1)c1ccccc1. The molecule has 2 aromatic carbocycles. The molecule has 1 saturated heterocycles. The third kappa shape index (κ3) is 1.96. The molecule has 3 nitrogen and oxygen atoms in total. The Kier molecular flexibility index (Phi) is 3.38. The molecule has 0 N–H and O–H groups in total. The van der Waals surface area contributed by atoms with E-state index in [9.17, 15) is 0 Å². The summed E-state index contributed by atoms with van der Waals surface area (Å²) in [6.07, 6.45) is 2.01. The first-order valence-corrected chi connectivity index (χ1v) is 9.27. The van der Waals surface area contributed by atoms with Crippen molar-refractivity contribution in [1.29, 1.82) is 0 Å². The number of aliphatic imine (C=N–C) groups is 1. The smallest absolute Gasteiger partial charge is 0.226 e. The second kappa shape index (κ2) is 5.63. The molecule has 3 aromatic rings. The zero-order valence-electron chi connectivity index (χ0n) is 13.6. The molecule has 25 heavy (non-hydrogen) atoms. The van der Waals surface area contributed by atoms with Gasteiger partial charge in [0.2, 0.25) is 5.79 Å². The van der Waals surface area contributed by atoms with Gasteiger partial charge in [0.05, 0.1) is 23.8 Å². The van der Waals surface area contributed by atoms with Gasteiger partial charge in [-0.1, -0.05) is 60.7 Å². The number of ether oxygens (including phenoxy) is 2. The van der Waals surface area contributed by atoms with E-state index in [1.807, 2.05) is 24.4 Å². The van der Waals surface area contributed by atoms with E-state index in [1.165, 1.54) is 0 Å². The molecule has 2 aliphatic rings. The lowest BCUT2D eigenvalue weighted by Crippen LogP contribution is -2.53. The van der Waals surface area contributed by atoms with Crippen LogP contribution in [0.15, 0.2) is 77.1 Å². The molecule has 5 rings (SSSR count). The van der Waals surface area contributed by atoms with E-state index < -0.39 is 11.2 Å². The van der Waals surface area contributed by atoms with E-state index in [0.29, 0.717) is 13.2 Å². The normalized spacial score (nSPS) is 19.8. The molecular weight excluding hydrogens is 330 g/mol. The van der Waals surface area contributed by atoms with Crippen molar-refractivity contribution in [1.82, 2.24) is 0 Å². The second-order valence-electron chi connectivity index (χ2n) is 6.25. The first-order chi connectivity index (χ1) is 12.4. The van der Waals surface area contributed by atoms with Crippen molar-refractivity contribution in [3.8, 4) is 0 Å². The summed E-state index contributed by atoms with van der Waals surface area (Å²) in [5.41, 5.74) is 2.55. The van der Waals surface area contributed by atoms with Crippen molar-refractivity contribution in [3.63, 3.8) is 0 Å². The number of benzene rings is 2. The number of nitrogens with zero attached hydrogens (tertiary/aromatic N) is 1. The summed E-state index contributed by atoms with van der Waals surface area (Å²) in [6.45, 7) is 1.15. The molecular formula is C21H17NO2S. The Bertz CT molecular complexity index is 872. The quantitative estimate of drug-likeness (QED) is 0.675. The maximum atomic E-state index is 6.39. The highest BCUT2D eigenvalue weighted by atomic mass is 32.1. The highest BCUT2D eigenvalue weighted by Gasteiger charge is 2.61. The summed E-state index contributed by atoms with van der Waals surface area (Å²) < 4.78 is 12.8. The zero-order chi connectivity index (χ0) is 16.7. The molecule has 1 aromatic heterocycles. The second-order valence-corrected chi connectivity index (χ2v) is 7.16. The van der Waals surface area contributed by atoms with Gasteiger partial charge in [-0.05, 0) is 22.6 Å². The van der Waals surface area contributed by atoms with E-state index in [4.69, 9.17) is 14.5 Å². The van der Waals surface area contributed by atoms with Crippen molar-refractivity contribution < 1.29 is 9.47 Å². The molecule has 1 fully saturated rings. The number of thiophene rings is 1. The Labute approximate surface area is 150 Å². The summed E-state index contributed by atoms with van der Waals surface area (Å²) in [5.74, 6) is -0.874.